The second-order valence-corrected chi connectivity index (χ2v) is 7.62. The summed E-state index contributed by atoms with van der Waals surface area (Å²) in [5.41, 5.74) is 0.216. The number of carbonyl (C=O) groups excluding carboxylic acids is 1. The molecular weight excluding hydrogens is 344 g/mol. The van der Waals surface area contributed by atoms with Gasteiger partial charge in [-0.1, -0.05) is 13.8 Å². The van der Waals surface area contributed by atoms with Gasteiger partial charge in [0, 0.05) is 11.6 Å². The van der Waals surface area contributed by atoms with Crippen LogP contribution in [0, 0.1) is 5.92 Å². The summed E-state index contributed by atoms with van der Waals surface area (Å²) in [4.78, 5) is 15.9. The summed E-state index contributed by atoms with van der Waals surface area (Å²) in [5.74, 6) is 1.26. The molecule has 0 aliphatic rings. The van der Waals surface area contributed by atoms with Crippen LogP contribution >= 0.6 is 0 Å². The molecule has 0 radical (unpaired) electrons. The lowest BCUT2D eigenvalue weighted by Gasteiger charge is -2.09. The van der Waals surface area contributed by atoms with Gasteiger partial charge in [-0.15, -0.1) is 0 Å². The predicted octanol–water partition coefficient (Wildman–Crippen LogP) is 2.60. The molecule has 0 saturated heterocycles. The first-order chi connectivity index (χ1) is 11.7. The van der Waals surface area contributed by atoms with Crippen molar-refractivity contribution in [1.82, 2.24) is 9.71 Å². The van der Waals surface area contributed by atoms with Crippen molar-refractivity contribution in [3.63, 3.8) is 0 Å². The third-order valence-electron chi connectivity index (χ3n) is 2.90. The Morgan fingerprint density at radius 1 is 1.12 bits per heavy atom. The first kappa shape index (κ1) is 18.7. The van der Waals surface area contributed by atoms with Gasteiger partial charge < -0.3 is 9.47 Å². The molecule has 0 spiro atoms. The second-order valence-electron chi connectivity index (χ2n) is 5.87. The number of amides is 1. The van der Waals surface area contributed by atoms with Crippen LogP contribution in [-0.2, 0) is 10.0 Å². The molecule has 1 N–H and O–H groups in total. The van der Waals surface area contributed by atoms with E-state index in [4.69, 9.17) is 9.47 Å². The summed E-state index contributed by atoms with van der Waals surface area (Å²) in [7, 11) is -3.60. The number of hydrogen-bond acceptors (Lipinski definition) is 6. The standard InChI is InChI=1S/C17H20N2O5S/c1-12(2)11-23-16-9-8-15(10-18-16)24-14-6-4-13(5-7-14)17(20)19-25(3,21)22/h4-10,12H,11H2,1-3H3,(H,19,20). The number of pyridine rings is 1. The van der Waals surface area contributed by atoms with Gasteiger partial charge in [0.05, 0.1) is 19.1 Å². The van der Waals surface area contributed by atoms with Gasteiger partial charge in [-0.2, -0.15) is 0 Å². The van der Waals surface area contributed by atoms with Gasteiger partial charge >= 0.3 is 0 Å². The maximum absolute atomic E-state index is 11.7. The van der Waals surface area contributed by atoms with Crippen molar-refractivity contribution < 1.29 is 22.7 Å². The Labute approximate surface area is 147 Å². The summed E-state index contributed by atoms with van der Waals surface area (Å²) in [6.45, 7) is 4.69. The molecule has 0 saturated carbocycles. The molecule has 0 aliphatic carbocycles. The highest BCUT2D eigenvalue weighted by Crippen LogP contribution is 2.22. The van der Waals surface area contributed by atoms with Crippen LogP contribution in [0.1, 0.15) is 24.2 Å². The summed E-state index contributed by atoms with van der Waals surface area (Å²) in [5, 5.41) is 0. The molecular formula is C17H20N2O5S. The van der Waals surface area contributed by atoms with Crippen molar-refractivity contribution in [1.29, 1.82) is 0 Å². The number of aromatic nitrogens is 1. The van der Waals surface area contributed by atoms with Gasteiger partial charge in [0.1, 0.15) is 11.5 Å². The number of hydrogen-bond donors (Lipinski definition) is 1. The quantitative estimate of drug-likeness (QED) is 0.811. The van der Waals surface area contributed by atoms with Crippen molar-refractivity contribution in [3.05, 3.63) is 48.2 Å². The molecule has 0 unspecified atom stereocenters. The largest absolute Gasteiger partial charge is 0.477 e. The lowest BCUT2D eigenvalue weighted by molar-refractivity contribution is 0.0981. The Balaban J connectivity index is 1.98. The lowest BCUT2D eigenvalue weighted by Crippen LogP contribution is -2.29. The van der Waals surface area contributed by atoms with Gasteiger partial charge in [0.2, 0.25) is 15.9 Å². The summed E-state index contributed by atoms with van der Waals surface area (Å²) in [6, 6.07) is 9.53. The highest BCUT2D eigenvalue weighted by molar-refractivity contribution is 7.89. The van der Waals surface area contributed by atoms with Gasteiger partial charge in [-0.25, -0.2) is 18.1 Å². The Morgan fingerprint density at radius 3 is 2.28 bits per heavy atom. The van der Waals surface area contributed by atoms with E-state index in [0.717, 1.165) is 6.26 Å². The molecule has 0 bridgehead atoms. The molecule has 2 rings (SSSR count). The Hall–Kier alpha value is -2.61. The third-order valence-corrected chi connectivity index (χ3v) is 3.46. The number of nitrogens with zero attached hydrogens (tertiary/aromatic N) is 1. The molecule has 8 heteroatoms. The van der Waals surface area contributed by atoms with E-state index in [0.29, 0.717) is 29.9 Å². The third kappa shape index (κ3) is 6.42. The van der Waals surface area contributed by atoms with Crippen LogP contribution in [0.15, 0.2) is 42.6 Å². The van der Waals surface area contributed by atoms with Crippen LogP contribution in [0.2, 0.25) is 0 Å². The number of rotatable bonds is 7. The topological polar surface area (TPSA) is 94.6 Å². The van der Waals surface area contributed by atoms with Crippen LogP contribution in [0.3, 0.4) is 0 Å². The van der Waals surface area contributed by atoms with Gasteiger partial charge in [-0.3, -0.25) is 4.79 Å². The molecule has 0 aliphatic heterocycles. The molecule has 1 heterocycles. The summed E-state index contributed by atoms with van der Waals surface area (Å²) in [6.07, 6.45) is 2.46. The number of benzene rings is 1. The van der Waals surface area contributed by atoms with E-state index in [1.807, 2.05) is 4.72 Å². The normalized spacial score (nSPS) is 11.2. The van der Waals surface area contributed by atoms with E-state index in [2.05, 4.69) is 18.8 Å². The van der Waals surface area contributed by atoms with Crippen LogP contribution in [0.25, 0.3) is 0 Å². The Bertz CT molecular complexity index is 815. The molecule has 1 amide bonds. The van der Waals surface area contributed by atoms with E-state index in [-0.39, 0.29) is 5.56 Å². The molecule has 0 atom stereocenters. The molecule has 1 aromatic heterocycles. The maximum atomic E-state index is 11.7. The number of ether oxygens (including phenoxy) is 2. The Kier molecular flexibility index (Phi) is 5.97. The molecule has 25 heavy (non-hydrogen) atoms. The van der Waals surface area contributed by atoms with E-state index < -0.39 is 15.9 Å². The molecule has 0 fully saturated rings. The monoisotopic (exact) mass is 364 g/mol. The second kappa shape index (κ2) is 7.98. The van der Waals surface area contributed by atoms with Gasteiger partial charge in [-0.05, 0) is 36.2 Å². The number of sulfonamides is 1. The lowest BCUT2D eigenvalue weighted by atomic mass is 10.2. The SMILES string of the molecule is CC(C)COc1ccc(Oc2ccc(C(=O)NS(C)(=O)=O)cc2)cn1. The van der Waals surface area contributed by atoms with E-state index in [9.17, 15) is 13.2 Å². The van der Waals surface area contributed by atoms with Crippen LogP contribution in [0.4, 0.5) is 0 Å². The van der Waals surface area contributed by atoms with E-state index in [1.165, 1.54) is 12.1 Å². The fraction of sp³-hybridized carbons (Fsp3) is 0.294. The molecule has 134 valence electrons. The average Bonchev–Trinajstić information content (AvgIpc) is 2.53. The number of nitrogens with one attached hydrogen (secondary N) is 1. The maximum Gasteiger partial charge on any atom is 0.264 e. The molecule has 2 aromatic rings. The minimum absolute atomic E-state index is 0.216. The van der Waals surface area contributed by atoms with Crippen LogP contribution in [-0.4, -0.2) is 32.2 Å². The fourth-order valence-corrected chi connectivity index (χ4v) is 2.26. The van der Waals surface area contributed by atoms with Gasteiger partial charge in [0.15, 0.2) is 0 Å². The van der Waals surface area contributed by atoms with Crippen LogP contribution in [0.5, 0.6) is 17.4 Å². The number of carbonyl (C=O) groups is 1. The van der Waals surface area contributed by atoms with Gasteiger partial charge in [0.25, 0.3) is 5.91 Å². The van der Waals surface area contributed by atoms with E-state index in [1.54, 1.807) is 30.5 Å². The van der Waals surface area contributed by atoms with Crippen molar-refractivity contribution in [3.8, 4) is 17.4 Å². The summed E-state index contributed by atoms with van der Waals surface area (Å²) < 4.78 is 35.1. The minimum Gasteiger partial charge on any atom is -0.477 e. The smallest absolute Gasteiger partial charge is 0.264 e. The average molecular weight is 364 g/mol. The minimum atomic E-state index is -3.60. The predicted molar refractivity (Wildman–Crippen MR) is 93.4 cm³/mol. The van der Waals surface area contributed by atoms with Crippen LogP contribution < -0.4 is 14.2 Å². The molecule has 1 aromatic carbocycles. The Morgan fingerprint density at radius 2 is 1.76 bits per heavy atom. The highest BCUT2D eigenvalue weighted by Gasteiger charge is 2.11. The first-order valence-electron chi connectivity index (χ1n) is 7.62. The highest BCUT2D eigenvalue weighted by atomic mass is 32.2. The molecule has 7 nitrogen and oxygen atoms in total. The zero-order valence-electron chi connectivity index (χ0n) is 14.2. The van der Waals surface area contributed by atoms with E-state index >= 15 is 0 Å². The zero-order chi connectivity index (χ0) is 18.4. The summed E-state index contributed by atoms with van der Waals surface area (Å²) >= 11 is 0. The zero-order valence-corrected chi connectivity index (χ0v) is 15.0. The fourth-order valence-electron chi connectivity index (χ4n) is 1.80. The van der Waals surface area contributed by atoms with Crippen molar-refractivity contribution >= 4 is 15.9 Å². The first-order valence-corrected chi connectivity index (χ1v) is 9.51. The van der Waals surface area contributed by atoms with Crippen molar-refractivity contribution in [2.75, 3.05) is 12.9 Å². The van der Waals surface area contributed by atoms with Crippen molar-refractivity contribution in [2.24, 2.45) is 5.92 Å². The van der Waals surface area contributed by atoms with Crippen molar-refractivity contribution in [2.45, 2.75) is 13.8 Å².